The normalized spacial score (nSPS) is 12.5. The third-order valence-electron chi connectivity index (χ3n) is 3.20. The molecule has 3 nitrogen and oxygen atoms in total. The lowest BCUT2D eigenvalue weighted by molar-refractivity contribution is 0.477. The molecule has 1 atom stereocenters. The molecule has 0 aliphatic rings. The molecule has 0 aliphatic carbocycles. The second-order valence-electron chi connectivity index (χ2n) is 4.57. The molecular formula is C16H15BrN2O. The van der Waals surface area contributed by atoms with Crippen LogP contribution in [-0.2, 0) is 6.42 Å². The van der Waals surface area contributed by atoms with Crippen LogP contribution in [0.2, 0.25) is 0 Å². The number of aromatic nitrogens is 2. The molecule has 2 heterocycles. The summed E-state index contributed by atoms with van der Waals surface area (Å²) in [5.74, 6) is 1.91. The van der Waals surface area contributed by atoms with Crippen molar-refractivity contribution in [1.82, 2.24) is 9.78 Å². The molecule has 0 aliphatic heterocycles. The van der Waals surface area contributed by atoms with E-state index >= 15 is 0 Å². The van der Waals surface area contributed by atoms with E-state index in [0.29, 0.717) is 0 Å². The highest BCUT2D eigenvalue weighted by molar-refractivity contribution is 9.09. The molecule has 0 saturated carbocycles. The average Bonchev–Trinajstić information content (AvgIpc) is 3.17. The predicted molar refractivity (Wildman–Crippen MR) is 82.4 cm³/mol. The zero-order valence-electron chi connectivity index (χ0n) is 11.2. The smallest absolute Gasteiger partial charge is 0.122 e. The van der Waals surface area contributed by atoms with Crippen molar-refractivity contribution in [1.29, 1.82) is 0 Å². The highest BCUT2D eigenvalue weighted by Crippen LogP contribution is 2.32. The van der Waals surface area contributed by atoms with Crippen molar-refractivity contribution in [3.63, 3.8) is 0 Å². The first-order valence-electron chi connectivity index (χ1n) is 6.60. The zero-order chi connectivity index (χ0) is 13.9. The van der Waals surface area contributed by atoms with E-state index < -0.39 is 0 Å². The van der Waals surface area contributed by atoms with Gasteiger partial charge in [0.05, 0.1) is 11.9 Å². The minimum absolute atomic E-state index is 0.0280. The Bertz CT molecular complexity index is 687. The summed E-state index contributed by atoms with van der Waals surface area (Å²) in [6, 6.07) is 14.1. The van der Waals surface area contributed by atoms with Crippen LogP contribution in [0.5, 0.6) is 0 Å². The van der Waals surface area contributed by atoms with Crippen LogP contribution in [0.3, 0.4) is 0 Å². The summed E-state index contributed by atoms with van der Waals surface area (Å²) in [6.45, 7) is 2.08. The lowest BCUT2D eigenvalue weighted by Crippen LogP contribution is -1.93. The molecule has 1 unspecified atom stereocenters. The van der Waals surface area contributed by atoms with Gasteiger partial charge >= 0.3 is 0 Å². The molecule has 0 fully saturated rings. The maximum absolute atomic E-state index is 5.78. The molecular weight excluding hydrogens is 316 g/mol. The zero-order valence-corrected chi connectivity index (χ0v) is 12.7. The summed E-state index contributed by atoms with van der Waals surface area (Å²) in [5.41, 5.74) is 2.12. The van der Waals surface area contributed by atoms with E-state index in [2.05, 4.69) is 28.0 Å². The fourth-order valence-electron chi connectivity index (χ4n) is 2.07. The molecule has 102 valence electrons. The van der Waals surface area contributed by atoms with Crippen LogP contribution < -0.4 is 0 Å². The Morgan fingerprint density at radius 1 is 1.20 bits per heavy atom. The van der Waals surface area contributed by atoms with Crippen molar-refractivity contribution in [2.45, 2.75) is 18.2 Å². The second kappa shape index (κ2) is 5.67. The number of rotatable bonds is 4. The molecule has 0 spiro atoms. The van der Waals surface area contributed by atoms with Gasteiger partial charge in [-0.05, 0) is 24.3 Å². The van der Waals surface area contributed by atoms with Gasteiger partial charge in [0, 0.05) is 18.2 Å². The Morgan fingerprint density at radius 3 is 2.70 bits per heavy atom. The van der Waals surface area contributed by atoms with Gasteiger partial charge < -0.3 is 4.42 Å². The van der Waals surface area contributed by atoms with Crippen molar-refractivity contribution in [3.05, 3.63) is 71.9 Å². The summed E-state index contributed by atoms with van der Waals surface area (Å²) < 4.78 is 7.65. The van der Waals surface area contributed by atoms with Gasteiger partial charge in [-0.1, -0.05) is 41.1 Å². The second-order valence-corrected chi connectivity index (χ2v) is 5.49. The van der Waals surface area contributed by atoms with Crippen LogP contribution in [0.4, 0.5) is 0 Å². The van der Waals surface area contributed by atoms with Gasteiger partial charge in [-0.15, -0.1) is 0 Å². The van der Waals surface area contributed by atoms with Crippen LogP contribution >= 0.6 is 15.9 Å². The molecule has 3 aromatic rings. The van der Waals surface area contributed by atoms with E-state index in [0.717, 1.165) is 29.2 Å². The van der Waals surface area contributed by atoms with Crippen LogP contribution in [0.25, 0.3) is 5.69 Å². The standard InChI is InChI=1S/C16H15BrN2O/c1-2-14-8-9-15(20-14)16(17)12-10-18-19(11-12)13-6-4-3-5-7-13/h3-11,16H,2H2,1H3. The number of furan rings is 1. The molecule has 0 saturated heterocycles. The number of aryl methyl sites for hydroxylation is 1. The van der Waals surface area contributed by atoms with E-state index in [1.807, 2.05) is 59.5 Å². The Hall–Kier alpha value is -1.81. The maximum atomic E-state index is 5.78. The molecule has 2 aromatic heterocycles. The fourth-order valence-corrected chi connectivity index (χ4v) is 2.56. The first kappa shape index (κ1) is 13.2. The van der Waals surface area contributed by atoms with Gasteiger partial charge in [0.15, 0.2) is 0 Å². The minimum Gasteiger partial charge on any atom is -0.465 e. The van der Waals surface area contributed by atoms with Crippen molar-refractivity contribution in [2.75, 3.05) is 0 Å². The van der Waals surface area contributed by atoms with Gasteiger partial charge in [0.2, 0.25) is 0 Å². The first-order chi connectivity index (χ1) is 9.78. The topological polar surface area (TPSA) is 31.0 Å². The van der Waals surface area contributed by atoms with Gasteiger partial charge in [-0.3, -0.25) is 0 Å². The summed E-state index contributed by atoms with van der Waals surface area (Å²) >= 11 is 3.68. The third kappa shape index (κ3) is 2.56. The molecule has 3 rings (SSSR count). The van der Waals surface area contributed by atoms with E-state index in [-0.39, 0.29) is 4.83 Å². The molecule has 0 amide bonds. The lowest BCUT2D eigenvalue weighted by Gasteiger charge is -2.03. The highest BCUT2D eigenvalue weighted by atomic mass is 79.9. The predicted octanol–water partition coefficient (Wildman–Crippen LogP) is 4.51. The number of alkyl halides is 1. The maximum Gasteiger partial charge on any atom is 0.122 e. The largest absolute Gasteiger partial charge is 0.465 e. The van der Waals surface area contributed by atoms with Crippen LogP contribution in [0.15, 0.2) is 59.3 Å². The number of hydrogen-bond acceptors (Lipinski definition) is 2. The number of para-hydroxylation sites is 1. The Labute approximate surface area is 126 Å². The Balaban J connectivity index is 1.86. The van der Waals surface area contributed by atoms with Crippen molar-refractivity contribution >= 4 is 15.9 Å². The molecule has 0 bridgehead atoms. The fraction of sp³-hybridized carbons (Fsp3) is 0.188. The summed E-state index contributed by atoms with van der Waals surface area (Å²) in [6.07, 6.45) is 4.78. The van der Waals surface area contributed by atoms with Crippen molar-refractivity contribution in [2.24, 2.45) is 0 Å². The number of halogens is 1. The highest BCUT2D eigenvalue weighted by Gasteiger charge is 2.16. The van der Waals surface area contributed by atoms with Gasteiger partial charge in [0.25, 0.3) is 0 Å². The van der Waals surface area contributed by atoms with E-state index in [9.17, 15) is 0 Å². The lowest BCUT2D eigenvalue weighted by atomic mass is 10.2. The molecule has 4 heteroatoms. The Kier molecular flexibility index (Phi) is 3.74. The van der Waals surface area contributed by atoms with E-state index in [1.165, 1.54) is 0 Å². The van der Waals surface area contributed by atoms with Crippen molar-refractivity contribution < 1.29 is 4.42 Å². The van der Waals surface area contributed by atoms with Crippen LogP contribution in [0.1, 0.15) is 28.8 Å². The first-order valence-corrected chi connectivity index (χ1v) is 7.52. The third-order valence-corrected chi connectivity index (χ3v) is 4.18. The van der Waals surface area contributed by atoms with Gasteiger partial charge in [-0.25, -0.2) is 4.68 Å². The molecule has 20 heavy (non-hydrogen) atoms. The monoisotopic (exact) mass is 330 g/mol. The van der Waals surface area contributed by atoms with Gasteiger partial charge in [0.1, 0.15) is 16.3 Å². The summed E-state index contributed by atoms with van der Waals surface area (Å²) in [7, 11) is 0. The molecule has 0 radical (unpaired) electrons. The molecule has 0 N–H and O–H groups in total. The SMILES string of the molecule is CCc1ccc(C(Br)c2cnn(-c3ccccc3)c2)o1. The quantitative estimate of drug-likeness (QED) is 0.659. The summed E-state index contributed by atoms with van der Waals surface area (Å²) in [5, 5.41) is 4.40. The average molecular weight is 331 g/mol. The van der Waals surface area contributed by atoms with Gasteiger partial charge in [-0.2, -0.15) is 5.10 Å². The van der Waals surface area contributed by atoms with E-state index in [4.69, 9.17) is 4.42 Å². The number of benzene rings is 1. The molecule has 1 aromatic carbocycles. The summed E-state index contributed by atoms with van der Waals surface area (Å²) in [4.78, 5) is 0.0280. The van der Waals surface area contributed by atoms with E-state index in [1.54, 1.807) is 0 Å². The Morgan fingerprint density at radius 2 is 2.00 bits per heavy atom. The minimum atomic E-state index is 0.0280. The number of nitrogens with zero attached hydrogens (tertiary/aromatic N) is 2. The van der Waals surface area contributed by atoms with Crippen molar-refractivity contribution in [3.8, 4) is 5.69 Å². The van der Waals surface area contributed by atoms with Crippen LogP contribution in [0, 0.1) is 0 Å². The van der Waals surface area contributed by atoms with Crippen LogP contribution in [-0.4, -0.2) is 9.78 Å². The number of hydrogen-bond donors (Lipinski definition) is 0.